The predicted molar refractivity (Wildman–Crippen MR) is 108 cm³/mol. The maximum absolute atomic E-state index is 12.6. The number of piperidine rings is 1. The number of aromatic nitrogens is 1. The molecule has 2 aromatic heterocycles. The van der Waals surface area contributed by atoms with E-state index in [0.29, 0.717) is 18.8 Å². The topological polar surface area (TPSA) is 95.8 Å². The van der Waals surface area contributed by atoms with E-state index < -0.39 is 10.0 Å². The van der Waals surface area contributed by atoms with Gasteiger partial charge in [-0.25, -0.2) is 13.4 Å². The smallest absolute Gasteiger partial charge is 0.287 e. The zero-order valence-electron chi connectivity index (χ0n) is 16.5. The number of hydrogen-bond acceptors (Lipinski definition) is 6. The molecule has 0 aromatic carbocycles. The number of sulfonamides is 1. The largest absolute Gasteiger partial charge is 0.459 e. The van der Waals surface area contributed by atoms with Crippen LogP contribution in [-0.2, 0) is 10.0 Å². The Labute approximate surface area is 170 Å². The molecule has 0 unspecified atom stereocenters. The molecule has 2 aliphatic rings. The zero-order valence-corrected chi connectivity index (χ0v) is 17.3. The van der Waals surface area contributed by atoms with Crippen molar-refractivity contribution < 1.29 is 17.6 Å². The molecule has 156 valence electrons. The summed E-state index contributed by atoms with van der Waals surface area (Å²) < 4.78 is 32.0. The van der Waals surface area contributed by atoms with Gasteiger partial charge in [0.1, 0.15) is 10.7 Å². The number of nitrogens with one attached hydrogen (secondary N) is 1. The van der Waals surface area contributed by atoms with Gasteiger partial charge in [-0.05, 0) is 50.8 Å². The molecule has 1 N–H and O–H groups in total. The van der Waals surface area contributed by atoms with Crippen LogP contribution in [0.2, 0.25) is 0 Å². The van der Waals surface area contributed by atoms with Crippen molar-refractivity contribution in [1.82, 2.24) is 14.6 Å². The lowest BCUT2D eigenvalue weighted by molar-refractivity contribution is 0.0902. The number of pyridine rings is 1. The van der Waals surface area contributed by atoms with Gasteiger partial charge in [0, 0.05) is 44.0 Å². The summed E-state index contributed by atoms with van der Waals surface area (Å²) in [5.41, 5.74) is 0.827. The van der Waals surface area contributed by atoms with Gasteiger partial charge in [-0.2, -0.15) is 4.31 Å². The van der Waals surface area contributed by atoms with Crippen LogP contribution in [0.15, 0.2) is 40.0 Å². The van der Waals surface area contributed by atoms with Crippen LogP contribution in [0.4, 0.5) is 5.82 Å². The van der Waals surface area contributed by atoms with Gasteiger partial charge >= 0.3 is 0 Å². The summed E-state index contributed by atoms with van der Waals surface area (Å²) in [5.74, 6) is 0.946. The third-order valence-electron chi connectivity index (χ3n) is 5.65. The van der Waals surface area contributed by atoms with Crippen molar-refractivity contribution in [2.45, 2.75) is 43.5 Å². The number of amides is 1. The van der Waals surface area contributed by atoms with E-state index >= 15 is 0 Å². The number of hydrogen-bond donors (Lipinski definition) is 1. The summed E-state index contributed by atoms with van der Waals surface area (Å²) in [7, 11) is -3.44. The molecule has 2 saturated heterocycles. The second-order valence-electron chi connectivity index (χ2n) is 7.63. The molecule has 29 heavy (non-hydrogen) atoms. The van der Waals surface area contributed by atoms with Crippen molar-refractivity contribution >= 4 is 21.7 Å². The number of nitrogens with zero attached hydrogens (tertiary/aromatic N) is 3. The van der Waals surface area contributed by atoms with Crippen molar-refractivity contribution in [3.63, 3.8) is 0 Å². The number of carbonyl (C=O) groups excluding carboxylic acids is 1. The van der Waals surface area contributed by atoms with Crippen LogP contribution < -0.4 is 10.2 Å². The maximum atomic E-state index is 12.6. The minimum atomic E-state index is -3.44. The molecule has 4 rings (SSSR count). The Hall–Kier alpha value is -2.39. The fourth-order valence-electron chi connectivity index (χ4n) is 3.90. The van der Waals surface area contributed by atoms with Crippen LogP contribution in [0.1, 0.15) is 41.8 Å². The van der Waals surface area contributed by atoms with Crippen LogP contribution in [-0.4, -0.2) is 55.8 Å². The van der Waals surface area contributed by atoms with Gasteiger partial charge in [0.15, 0.2) is 5.76 Å². The lowest BCUT2D eigenvalue weighted by Gasteiger charge is -2.33. The first-order chi connectivity index (χ1) is 13.9. The normalized spacial score (nSPS) is 18.9. The zero-order chi connectivity index (χ0) is 20.4. The summed E-state index contributed by atoms with van der Waals surface area (Å²) in [4.78, 5) is 19.1. The standard InChI is InChI=1S/C20H26N4O4S/c1-15-8-13-28-19(15)20(25)22-16-6-11-23(12-7-16)18-5-4-17(14-21-18)29(26,27)24-9-2-3-10-24/h4-5,8,13-14,16H,2-3,6-7,9-12H2,1H3,(H,22,25). The molecule has 0 bridgehead atoms. The molecule has 0 atom stereocenters. The molecule has 4 heterocycles. The third kappa shape index (κ3) is 4.16. The highest BCUT2D eigenvalue weighted by Crippen LogP contribution is 2.23. The molecule has 0 radical (unpaired) electrons. The predicted octanol–water partition coefficient (Wildman–Crippen LogP) is 2.17. The molecule has 0 spiro atoms. The van der Waals surface area contributed by atoms with Crippen LogP contribution in [0.5, 0.6) is 0 Å². The van der Waals surface area contributed by atoms with Gasteiger partial charge in [-0.3, -0.25) is 4.79 Å². The Balaban J connectivity index is 1.34. The first kappa shape index (κ1) is 19.9. The van der Waals surface area contributed by atoms with E-state index in [4.69, 9.17) is 4.42 Å². The van der Waals surface area contributed by atoms with Gasteiger partial charge in [-0.15, -0.1) is 0 Å². The van der Waals surface area contributed by atoms with Crippen LogP contribution in [0.25, 0.3) is 0 Å². The summed E-state index contributed by atoms with van der Waals surface area (Å²) in [5, 5.41) is 3.03. The van der Waals surface area contributed by atoms with Crippen LogP contribution >= 0.6 is 0 Å². The van der Waals surface area contributed by atoms with Crippen LogP contribution in [0, 0.1) is 6.92 Å². The number of furan rings is 1. The van der Waals surface area contributed by atoms with E-state index in [1.54, 1.807) is 18.2 Å². The molecule has 8 nitrogen and oxygen atoms in total. The molecule has 2 aliphatic heterocycles. The average Bonchev–Trinajstić information content (AvgIpc) is 3.41. The Kier molecular flexibility index (Phi) is 5.60. The van der Waals surface area contributed by atoms with E-state index in [-0.39, 0.29) is 16.8 Å². The highest BCUT2D eigenvalue weighted by atomic mass is 32.2. The van der Waals surface area contributed by atoms with E-state index in [9.17, 15) is 13.2 Å². The Morgan fingerprint density at radius 1 is 1.14 bits per heavy atom. The van der Waals surface area contributed by atoms with Crippen molar-refractivity contribution in [2.24, 2.45) is 0 Å². The van der Waals surface area contributed by atoms with E-state index in [1.165, 1.54) is 16.8 Å². The Morgan fingerprint density at radius 2 is 1.86 bits per heavy atom. The van der Waals surface area contributed by atoms with Gasteiger partial charge in [-0.1, -0.05) is 0 Å². The second-order valence-corrected chi connectivity index (χ2v) is 9.57. The Bertz CT molecular complexity index is 957. The lowest BCUT2D eigenvalue weighted by atomic mass is 10.0. The highest BCUT2D eigenvalue weighted by Gasteiger charge is 2.28. The molecule has 1 amide bonds. The molecule has 2 fully saturated rings. The van der Waals surface area contributed by atoms with E-state index in [0.717, 1.165) is 50.2 Å². The van der Waals surface area contributed by atoms with Crippen molar-refractivity contribution in [1.29, 1.82) is 0 Å². The molecule has 0 aliphatic carbocycles. The van der Waals surface area contributed by atoms with E-state index in [2.05, 4.69) is 15.2 Å². The first-order valence-corrected chi connectivity index (χ1v) is 11.5. The minimum absolute atomic E-state index is 0.0815. The number of carbonyl (C=O) groups is 1. The second kappa shape index (κ2) is 8.16. The monoisotopic (exact) mass is 418 g/mol. The molecule has 0 saturated carbocycles. The molecule has 2 aromatic rings. The fourth-order valence-corrected chi connectivity index (χ4v) is 5.36. The summed E-state index contributed by atoms with van der Waals surface area (Å²) in [6.07, 6.45) is 6.39. The van der Waals surface area contributed by atoms with Gasteiger partial charge in [0.05, 0.1) is 6.26 Å². The molecule has 9 heteroatoms. The summed E-state index contributed by atoms with van der Waals surface area (Å²) in [6, 6.07) is 5.27. The number of aryl methyl sites for hydroxylation is 1. The van der Waals surface area contributed by atoms with Crippen LogP contribution in [0.3, 0.4) is 0 Å². The fraction of sp³-hybridized carbons (Fsp3) is 0.500. The van der Waals surface area contributed by atoms with Gasteiger partial charge in [0.25, 0.3) is 5.91 Å². The van der Waals surface area contributed by atoms with Gasteiger partial charge < -0.3 is 14.6 Å². The van der Waals surface area contributed by atoms with Crippen molar-refractivity contribution in [2.75, 3.05) is 31.1 Å². The quantitative estimate of drug-likeness (QED) is 0.800. The average molecular weight is 419 g/mol. The molecular weight excluding hydrogens is 392 g/mol. The van der Waals surface area contributed by atoms with E-state index in [1.807, 2.05) is 6.92 Å². The lowest BCUT2D eigenvalue weighted by Crippen LogP contribution is -2.45. The molecular formula is C20H26N4O4S. The highest BCUT2D eigenvalue weighted by molar-refractivity contribution is 7.89. The van der Waals surface area contributed by atoms with Crippen molar-refractivity contribution in [3.8, 4) is 0 Å². The number of rotatable bonds is 5. The van der Waals surface area contributed by atoms with Gasteiger partial charge in [0.2, 0.25) is 10.0 Å². The SMILES string of the molecule is Cc1ccoc1C(=O)NC1CCN(c2ccc(S(=O)(=O)N3CCCC3)cn2)CC1. The summed E-state index contributed by atoms with van der Waals surface area (Å²) in [6.45, 7) is 4.50. The first-order valence-electron chi connectivity index (χ1n) is 10.0. The third-order valence-corrected chi connectivity index (χ3v) is 7.53. The number of anilines is 1. The summed E-state index contributed by atoms with van der Waals surface area (Å²) >= 11 is 0. The van der Waals surface area contributed by atoms with Crippen molar-refractivity contribution in [3.05, 3.63) is 42.0 Å². The Morgan fingerprint density at radius 3 is 2.45 bits per heavy atom. The minimum Gasteiger partial charge on any atom is -0.459 e. The maximum Gasteiger partial charge on any atom is 0.287 e.